The Hall–Kier alpha value is -2.43. The number of benzene rings is 1. The lowest BCUT2D eigenvalue weighted by Crippen LogP contribution is -2.14. The Morgan fingerprint density at radius 2 is 2.10 bits per heavy atom. The van der Waals surface area contributed by atoms with E-state index in [1.54, 1.807) is 24.3 Å². The molecule has 20 heavy (non-hydrogen) atoms. The van der Waals surface area contributed by atoms with Gasteiger partial charge in [0, 0.05) is 5.69 Å². The fraction of sp³-hybridized carbons (Fsp3) is 0.200. The number of pyridine rings is 1. The first-order chi connectivity index (χ1) is 9.61. The molecule has 1 unspecified atom stereocenters. The molecule has 0 saturated carbocycles. The van der Waals surface area contributed by atoms with Gasteiger partial charge in [0.15, 0.2) is 0 Å². The summed E-state index contributed by atoms with van der Waals surface area (Å²) in [7, 11) is 0. The van der Waals surface area contributed by atoms with Gasteiger partial charge in [0.05, 0.1) is 23.5 Å². The Morgan fingerprint density at radius 1 is 1.35 bits per heavy atom. The summed E-state index contributed by atoms with van der Waals surface area (Å²) in [4.78, 5) is 15.2. The first-order valence-corrected chi connectivity index (χ1v) is 6.32. The Morgan fingerprint density at radius 3 is 2.70 bits per heavy atom. The van der Waals surface area contributed by atoms with E-state index in [1.165, 1.54) is 12.1 Å². The highest BCUT2D eigenvalue weighted by Gasteiger charge is 2.15. The molecule has 2 aromatic rings. The van der Waals surface area contributed by atoms with Gasteiger partial charge in [-0.25, -0.2) is 9.18 Å². The summed E-state index contributed by atoms with van der Waals surface area (Å²) in [5, 5.41) is 12.3. The van der Waals surface area contributed by atoms with Crippen molar-refractivity contribution >= 4 is 11.7 Å². The van der Waals surface area contributed by atoms with E-state index in [4.69, 9.17) is 5.11 Å². The van der Waals surface area contributed by atoms with Gasteiger partial charge in [-0.2, -0.15) is 0 Å². The van der Waals surface area contributed by atoms with E-state index in [-0.39, 0.29) is 11.6 Å². The number of hydrogen-bond acceptors (Lipinski definition) is 3. The third-order valence-electron chi connectivity index (χ3n) is 3.00. The van der Waals surface area contributed by atoms with E-state index in [1.807, 2.05) is 6.92 Å². The van der Waals surface area contributed by atoms with Crippen molar-refractivity contribution in [2.24, 2.45) is 0 Å². The van der Waals surface area contributed by atoms with Crippen molar-refractivity contribution in [1.82, 2.24) is 4.98 Å². The van der Waals surface area contributed by atoms with Crippen LogP contribution in [-0.2, 0) is 0 Å². The maximum absolute atomic E-state index is 12.9. The van der Waals surface area contributed by atoms with E-state index >= 15 is 0 Å². The summed E-state index contributed by atoms with van der Waals surface area (Å²) in [6.07, 6.45) is 1.86. The molecule has 1 heterocycles. The molecule has 1 atom stereocenters. The molecule has 0 aliphatic carbocycles. The van der Waals surface area contributed by atoms with E-state index in [9.17, 15) is 9.18 Å². The largest absolute Gasteiger partial charge is 0.478 e. The third kappa shape index (κ3) is 3.12. The van der Waals surface area contributed by atoms with Gasteiger partial charge < -0.3 is 10.4 Å². The Labute approximate surface area is 116 Å². The molecule has 0 radical (unpaired) electrons. The summed E-state index contributed by atoms with van der Waals surface area (Å²) in [6, 6.07) is 9.45. The number of halogens is 1. The number of carboxylic acids is 1. The number of aromatic nitrogens is 1. The van der Waals surface area contributed by atoms with Crippen molar-refractivity contribution in [2.45, 2.75) is 19.4 Å². The van der Waals surface area contributed by atoms with Gasteiger partial charge in [-0.05, 0) is 30.7 Å². The van der Waals surface area contributed by atoms with Crippen LogP contribution in [0.4, 0.5) is 10.1 Å². The highest BCUT2D eigenvalue weighted by molar-refractivity contribution is 5.94. The lowest BCUT2D eigenvalue weighted by Gasteiger charge is -2.19. The molecule has 0 bridgehead atoms. The van der Waals surface area contributed by atoms with Crippen LogP contribution in [0.1, 0.15) is 35.4 Å². The molecule has 0 aliphatic rings. The molecule has 0 amide bonds. The zero-order valence-corrected chi connectivity index (χ0v) is 11.0. The minimum atomic E-state index is -0.991. The van der Waals surface area contributed by atoms with Crippen molar-refractivity contribution < 1.29 is 14.3 Å². The fourth-order valence-corrected chi connectivity index (χ4v) is 1.96. The van der Waals surface area contributed by atoms with Crippen molar-refractivity contribution in [2.75, 3.05) is 5.32 Å². The van der Waals surface area contributed by atoms with E-state index in [0.29, 0.717) is 17.8 Å². The van der Waals surface area contributed by atoms with Crippen LogP contribution in [0.15, 0.2) is 42.6 Å². The summed E-state index contributed by atoms with van der Waals surface area (Å²) >= 11 is 0. The summed E-state index contributed by atoms with van der Waals surface area (Å²) in [5.74, 6) is -1.38. The van der Waals surface area contributed by atoms with Crippen LogP contribution in [0.25, 0.3) is 0 Å². The number of aromatic carboxylic acids is 1. The number of nitrogens with zero attached hydrogens (tertiary/aromatic N) is 1. The number of nitrogens with one attached hydrogen (secondary N) is 1. The molecule has 0 aliphatic heterocycles. The molecule has 0 fully saturated rings. The number of rotatable bonds is 5. The van der Waals surface area contributed by atoms with Gasteiger partial charge in [-0.1, -0.05) is 19.1 Å². The average molecular weight is 274 g/mol. The van der Waals surface area contributed by atoms with E-state index in [0.717, 1.165) is 6.20 Å². The highest BCUT2D eigenvalue weighted by Crippen LogP contribution is 2.24. The second-order valence-electron chi connectivity index (χ2n) is 4.36. The molecular weight excluding hydrogens is 259 g/mol. The predicted octanol–water partition coefficient (Wildman–Crippen LogP) is 3.48. The monoisotopic (exact) mass is 274 g/mol. The van der Waals surface area contributed by atoms with Crippen LogP contribution in [0.5, 0.6) is 0 Å². The van der Waals surface area contributed by atoms with Gasteiger partial charge in [0.25, 0.3) is 0 Å². The molecule has 5 heteroatoms. The van der Waals surface area contributed by atoms with Crippen molar-refractivity contribution in [3.63, 3.8) is 0 Å². The maximum Gasteiger partial charge on any atom is 0.337 e. The Kier molecular flexibility index (Phi) is 4.30. The topological polar surface area (TPSA) is 62.2 Å². The fourth-order valence-electron chi connectivity index (χ4n) is 1.96. The molecule has 2 N–H and O–H groups in total. The zero-order chi connectivity index (χ0) is 14.5. The van der Waals surface area contributed by atoms with Crippen LogP contribution in [0, 0.1) is 5.82 Å². The van der Waals surface area contributed by atoms with Crippen molar-refractivity contribution in [3.8, 4) is 0 Å². The number of carboxylic acid groups (broad SMARTS) is 1. The molecule has 0 saturated heterocycles. The lowest BCUT2D eigenvalue weighted by atomic mass is 10.1. The molecule has 1 aromatic heterocycles. The van der Waals surface area contributed by atoms with Gasteiger partial charge in [-0.15, -0.1) is 0 Å². The van der Waals surface area contributed by atoms with Gasteiger partial charge in [0.1, 0.15) is 5.82 Å². The predicted molar refractivity (Wildman–Crippen MR) is 74.3 cm³/mol. The van der Waals surface area contributed by atoms with E-state index < -0.39 is 11.8 Å². The molecule has 1 aromatic carbocycles. The zero-order valence-electron chi connectivity index (χ0n) is 11.0. The third-order valence-corrected chi connectivity index (χ3v) is 3.00. The van der Waals surface area contributed by atoms with Crippen LogP contribution in [0.2, 0.25) is 0 Å². The minimum Gasteiger partial charge on any atom is -0.478 e. The summed E-state index contributed by atoms with van der Waals surface area (Å²) in [6.45, 7) is 1.95. The average Bonchev–Trinajstić information content (AvgIpc) is 2.46. The Balaban J connectivity index is 2.27. The lowest BCUT2D eigenvalue weighted by molar-refractivity contribution is 0.0698. The van der Waals surface area contributed by atoms with Crippen LogP contribution >= 0.6 is 0 Å². The second-order valence-corrected chi connectivity index (χ2v) is 4.36. The minimum absolute atomic E-state index is 0.170. The second kappa shape index (κ2) is 6.14. The molecule has 0 spiro atoms. The van der Waals surface area contributed by atoms with Crippen molar-refractivity contribution in [1.29, 1.82) is 0 Å². The number of hydrogen-bond donors (Lipinski definition) is 2. The Bertz CT molecular complexity index is 599. The van der Waals surface area contributed by atoms with Gasteiger partial charge in [-0.3, -0.25) is 4.98 Å². The summed E-state index contributed by atoms with van der Waals surface area (Å²) < 4.78 is 12.9. The number of carbonyl (C=O) groups is 1. The highest BCUT2D eigenvalue weighted by atomic mass is 19.1. The first-order valence-electron chi connectivity index (χ1n) is 6.32. The normalized spacial score (nSPS) is 11.9. The van der Waals surface area contributed by atoms with E-state index in [2.05, 4.69) is 10.3 Å². The van der Waals surface area contributed by atoms with Crippen molar-refractivity contribution in [3.05, 3.63) is 59.7 Å². The van der Waals surface area contributed by atoms with Gasteiger partial charge >= 0.3 is 5.97 Å². The number of para-hydroxylation sites is 1. The quantitative estimate of drug-likeness (QED) is 0.876. The summed E-state index contributed by atoms with van der Waals surface area (Å²) in [5.41, 5.74) is 1.40. The number of anilines is 1. The smallest absolute Gasteiger partial charge is 0.337 e. The molecule has 104 valence electrons. The maximum atomic E-state index is 12.9. The molecule has 2 rings (SSSR count). The standard InChI is InChI=1S/C15H15FN2O2/c1-2-12(14-8-7-10(16)9-17-14)18-13-6-4-3-5-11(13)15(19)20/h3-9,12,18H,2H2,1H3,(H,19,20). The molecular formula is C15H15FN2O2. The molecule has 4 nitrogen and oxygen atoms in total. The first kappa shape index (κ1) is 14.0. The van der Waals surface area contributed by atoms with Gasteiger partial charge in [0.2, 0.25) is 0 Å². The SMILES string of the molecule is CCC(Nc1ccccc1C(=O)O)c1ccc(F)cn1. The van der Waals surface area contributed by atoms with Crippen LogP contribution < -0.4 is 5.32 Å². The van der Waals surface area contributed by atoms with Crippen LogP contribution in [0.3, 0.4) is 0 Å². The van der Waals surface area contributed by atoms with Crippen LogP contribution in [-0.4, -0.2) is 16.1 Å².